The van der Waals surface area contributed by atoms with Gasteiger partial charge in [0, 0.05) is 23.8 Å². The maximum absolute atomic E-state index is 11.7. The van der Waals surface area contributed by atoms with E-state index in [4.69, 9.17) is 0 Å². The second kappa shape index (κ2) is 7.82. The molecule has 1 amide bonds. The summed E-state index contributed by atoms with van der Waals surface area (Å²) in [5.74, 6) is -0.00354. The van der Waals surface area contributed by atoms with E-state index in [1.54, 1.807) is 0 Å². The van der Waals surface area contributed by atoms with E-state index in [1.165, 1.54) is 19.3 Å². The van der Waals surface area contributed by atoms with Crippen molar-refractivity contribution < 1.29 is 4.79 Å². The van der Waals surface area contributed by atoms with Crippen LogP contribution in [-0.4, -0.2) is 18.5 Å². The summed E-state index contributed by atoms with van der Waals surface area (Å²) >= 11 is 0. The maximum atomic E-state index is 11.7. The van der Waals surface area contributed by atoms with E-state index in [2.05, 4.69) is 24.5 Å². The van der Waals surface area contributed by atoms with Crippen LogP contribution in [0.25, 0.3) is 0 Å². The van der Waals surface area contributed by atoms with Gasteiger partial charge in [-0.3, -0.25) is 4.79 Å². The van der Waals surface area contributed by atoms with Gasteiger partial charge in [0.2, 0.25) is 0 Å². The van der Waals surface area contributed by atoms with Crippen molar-refractivity contribution in [2.75, 3.05) is 11.9 Å². The average molecular weight is 262 g/mol. The summed E-state index contributed by atoms with van der Waals surface area (Å²) in [5, 5.41) is 6.33. The molecule has 0 aromatic heterocycles. The lowest BCUT2D eigenvalue weighted by atomic mass is 10.1. The van der Waals surface area contributed by atoms with Gasteiger partial charge in [0.15, 0.2) is 0 Å². The van der Waals surface area contributed by atoms with Gasteiger partial charge in [-0.25, -0.2) is 0 Å². The van der Waals surface area contributed by atoms with E-state index in [0.717, 1.165) is 16.8 Å². The summed E-state index contributed by atoms with van der Waals surface area (Å²) in [6, 6.07) is 6.30. The van der Waals surface area contributed by atoms with Gasteiger partial charge in [-0.2, -0.15) is 0 Å². The van der Waals surface area contributed by atoms with Crippen LogP contribution in [0.1, 0.15) is 56.0 Å². The minimum atomic E-state index is -0.00354. The molecule has 106 valence electrons. The van der Waals surface area contributed by atoms with Crippen molar-refractivity contribution in [2.45, 2.75) is 53.0 Å². The maximum Gasteiger partial charge on any atom is 0.251 e. The molecular formula is C16H26N2O. The number of hydrogen-bond acceptors (Lipinski definition) is 2. The number of rotatable bonds is 7. The largest absolute Gasteiger partial charge is 0.382 e. The van der Waals surface area contributed by atoms with Gasteiger partial charge in [0.05, 0.1) is 0 Å². The predicted molar refractivity (Wildman–Crippen MR) is 81.8 cm³/mol. The first-order valence-electron chi connectivity index (χ1n) is 7.23. The Labute approximate surface area is 116 Å². The summed E-state index contributed by atoms with van der Waals surface area (Å²) in [5.41, 5.74) is 2.97. The SMILES string of the molecule is CCCCC(C)Nc1ccc(C(=O)NCC)cc1C. The minimum absolute atomic E-state index is 0.00354. The Hall–Kier alpha value is -1.51. The third kappa shape index (κ3) is 4.93. The zero-order valence-corrected chi connectivity index (χ0v) is 12.5. The van der Waals surface area contributed by atoms with Crippen LogP contribution < -0.4 is 10.6 Å². The first-order chi connectivity index (χ1) is 9.08. The third-order valence-corrected chi connectivity index (χ3v) is 3.22. The van der Waals surface area contributed by atoms with E-state index in [1.807, 2.05) is 32.0 Å². The third-order valence-electron chi connectivity index (χ3n) is 3.22. The average Bonchev–Trinajstić information content (AvgIpc) is 2.39. The van der Waals surface area contributed by atoms with Crippen molar-refractivity contribution in [3.63, 3.8) is 0 Å². The Balaban J connectivity index is 2.69. The monoisotopic (exact) mass is 262 g/mol. The topological polar surface area (TPSA) is 41.1 Å². The molecule has 1 rings (SSSR count). The fraction of sp³-hybridized carbons (Fsp3) is 0.562. The Morgan fingerprint density at radius 1 is 1.32 bits per heavy atom. The van der Waals surface area contributed by atoms with Gasteiger partial charge in [-0.15, -0.1) is 0 Å². The molecule has 2 N–H and O–H groups in total. The molecule has 0 radical (unpaired) electrons. The molecule has 1 unspecified atom stereocenters. The van der Waals surface area contributed by atoms with Crippen molar-refractivity contribution in [3.05, 3.63) is 29.3 Å². The van der Waals surface area contributed by atoms with Gasteiger partial charge in [0.25, 0.3) is 5.91 Å². The van der Waals surface area contributed by atoms with Crippen LogP contribution in [0.3, 0.4) is 0 Å². The Kier molecular flexibility index (Phi) is 6.40. The molecule has 1 aromatic rings. The number of nitrogens with one attached hydrogen (secondary N) is 2. The van der Waals surface area contributed by atoms with Crippen LogP contribution >= 0.6 is 0 Å². The number of hydrogen-bond donors (Lipinski definition) is 2. The summed E-state index contributed by atoms with van der Waals surface area (Å²) in [7, 11) is 0. The van der Waals surface area contributed by atoms with Gasteiger partial charge in [-0.1, -0.05) is 19.8 Å². The van der Waals surface area contributed by atoms with Crippen LogP contribution in [0.4, 0.5) is 5.69 Å². The molecular weight excluding hydrogens is 236 g/mol. The molecule has 3 heteroatoms. The van der Waals surface area contributed by atoms with Crippen molar-refractivity contribution in [1.29, 1.82) is 0 Å². The van der Waals surface area contributed by atoms with E-state index < -0.39 is 0 Å². The first-order valence-corrected chi connectivity index (χ1v) is 7.23. The highest BCUT2D eigenvalue weighted by Crippen LogP contribution is 2.18. The van der Waals surface area contributed by atoms with Crippen molar-refractivity contribution >= 4 is 11.6 Å². The zero-order chi connectivity index (χ0) is 14.3. The van der Waals surface area contributed by atoms with Gasteiger partial charge in [-0.05, 0) is 51.0 Å². The van der Waals surface area contributed by atoms with Crippen molar-refractivity contribution in [3.8, 4) is 0 Å². The number of anilines is 1. The van der Waals surface area contributed by atoms with E-state index in [-0.39, 0.29) is 5.91 Å². The second-order valence-corrected chi connectivity index (χ2v) is 5.08. The Bertz CT molecular complexity index is 415. The lowest BCUT2D eigenvalue weighted by Crippen LogP contribution is -2.23. The highest BCUT2D eigenvalue weighted by atomic mass is 16.1. The van der Waals surface area contributed by atoms with Crippen LogP contribution in [0, 0.1) is 6.92 Å². The van der Waals surface area contributed by atoms with Crippen LogP contribution in [0.5, 0.6) is 0 Å². The number of benzene rings is 1. The fourth-order valence-electron chi connectivity index (χ4n) is 2.08. The molecule has 0 fully saturated rings. The molecule has 0 aliphatic carbocycles. The highest BCUT2D eigenvalue weighted by molar-refractivity contribution is 5.94. The molecule has 0 saturated heterocycles. The lowest BCUT2D eigenvalue weighted by molar-refractivity contribution is 0.0956. The molecule has 3 nitrogen and oxygen atoms in total. The molecule has 0 saturated carbocycles. The minimum Gasteiger partial charge on any atom is -0.382 e. The van der Waals surface area contributed by atoms with Gasteiger partial charge < -0.3 is 10.6 Å². The quantitative estimate of drug-likeness (QED) is 0.786. The van der Waals surface area contributed by atoms with Crippen LogP contribution in [0.2, 0.25) is 0 Å². The van der Waals surface area contributed by atoms with Crippen molar-refractivity contribution in [1.82, 2.24) is 5.32 Å². The standard InChI is InChI=1S/C16H26N2O/c1-5-7-8-13(4)18-15-10-9-14(11-12(15)3)16(19)17-6-2/h9-11,13,18H,5-8H2,1-4H3,(H,17,19). The smallest absolute Gasteiger partial charge is 0.251 e. The zero-order valence-electron chi connectivity index (χ0n) is 12.5. The summed E-state index contributed by atoms with van der Waals surface area (Å²) < 4.78 is 0. The predicted octanol–water partition coefficient (Wildman–Crippen LogP) is 3.74. The van der Waals surface area contributed by atoms with Gasteiger partial charge >= 0.3 is 0 Å². The molecule has 0 aliphatic heterocycles. The number of unbranched alkanes of at least 4 members (excludes halogenated alkanes) is 1. The Morgan fingerprint density at radius 2 is 2.05 bits per heavy atom. The Morgan fingerprint density at radius 3 is 2.63 bits per heavy atom. The summed E-state index contributed by atoms with van der Waals surface area (Å²) in [6.07, 6.45) is 3.64. The van der Waals surface area contributed by atoms with Crippen molar-refractivity contribution in [2.24, 2.45) is 0 Å². The number of carbonyl (C=O) groups excluding carboxylic acids is 1. The molecule has 0 spiro atoms. The molecule has 1 atom stereocenters. The molecule has 0 bridgehead atoms. The normalized spacial score (nSPS) is 12.0. The first kappa shape index (κ1) is 15.5. The summed E-state index contributed by atoms with van der Waals surface area (Å²) in [4.78, 5) is 11.7. The number of carbonyl (C=O) groups is 1. The lowest BCUT2D eigenvalue weighted by Gasteiger charge is -2.17. The number of amides is 1. The molecule has 1 aromatic carbocycles. The van der Waals surface area contributed by atoms with E-state index >= 15 is 0 Å². The fourth-order valence-corrected chi connectivity index (χ4v) is 2.08. The second-order valence-electron chi connectivity index (χ2n) is 5.08. The molecule has 0 aliphatic rings. The molecule has 0 heterocycles. The van der Waals surface area contributed by atoms with E-state index in [9.17, 15) is 4.79 Å². The molecule has 19 heavy (non-hydrogen) atoms. The van der Waals surface area contributed by atoms with Crippen LogP contribution in [0.15, 0.2) is 18.2 Å². The van der Waals surface area contributed by atoms with E-state index in [0.29, 0.717) is 12.6 Å². The highest BCUT2D eigenvalue weighted by Gasteiger charge is 2.08. The summed E-state index contributed by atoms with van der Waals surface area (Å²) in [6.45, 7) is 9.03. The van der Waals surface area contributed by atoms with Gasteiger partial charge in [0.1, 0.15) is 0 Å². The number of aryl methyl sites for hydroxylation is 1. The van der Waals surface area contributed by atoms with Crippen LogP contribution in [-0.2, 0) is 0 Å².